The van der Waals surface area contributed by atoms with E-state index in [0.717, 1.165) is 44.5 Å². The highest BCUT2D eigenvalue weighted by Crippen LogP contribution is 2.30. The van der Waals surface area contributed by atoms with Crippen molar-refractivity contribution in [1.82, 2.24) is 29.2 Å². The third-order valence-electron chi connectivity index (χ3n) is 5.25. The standard InChI is InChI=1S/C20H24N8O/c1-26(2)7-8-27-13-16(12-23-27)24-20-22-11-15-9-14(10-21)19(29)28(18(15)25-20)17-5-3-4-6-17/h9,11-13,17H,3-8H2,1-2H3,(H,22,24,25). The molecule has 0 radical (unpaired) electrons. The van der Waals surface area contributed by atoms with Crippen LogP contribution in [-0.4, -0.2) is 49.9 Å². The Morgan fingerprint density at radius 1 is 1.31 bits per heavy atom. The van der Waals surface area contributed by atoms with Gasteiger partial charge in [0.2, 0.25) is 5.95 Å². The molecule has 9 heteroatoms. The summed E-state index contributed by atoms with van der Waals surface area (Å²) in [6, 6.07) is 3.66. The fourth-order valence-electron chi connectivity index (χ4n) is 3.74. The highest BCUT2D eigenvalue weighted by Gasteiger charge is 2.22. The van der Waals surface area contributed by atoms with E-state index in [1.165, 1.54) is 0 Å². The second-order valence-electron chi connectivity index (χ2n) is 7.68. The number of nitrogens with zero attached hydrogens (tertiary/aromatic N) is 7. The number of aromatic nitrogens is 5. The first-order valence-corrected chi connectivity index (χ1v) is 9.82. The first-order valence-electron chi connectivity index (χ1n) is 9.82. The second kappa shape index (κ2) is 8.01. The van der Waals surface area contributed by atoms with E-state index >= 15 is 0 Å². The molecule has 0 unspecified atom stereocenters. The minimum atomic E-state index is -0.270. The van der Waals surface area contributed by atoms with Crippen LogP contribution in [0.4, 0.5) is 11.6 Å². The van der Waals surface area contributed by atoms with Crippen LogP contribution in [0, 0.1) is 11.3 Å². The van der Waals surface area contributed by atoms with Gasteiger partial charge in [0, 0.05) is 30.4 Å². The van der Waals surface area contributed by atoms with Crippen molar-refractivity contribution in [3.8, 4) is 6.07 Å². The van der Waals surface area contributed by atoms with E-state index in [4.69, 9.17) is 0 Å². The largest absolute Gasteiger partial charge is 0.321 e. The lowest BCUT2D eigenvalue weighted by Gasteiger charge is -2.16. The van der Waals surface area contributed by atoms with Crippen LogP contribution in [0.3, 0.4) is 0 Å². The average Bonchev–Trinajstić information content (AvgIpc) is 3.38. The number of fused-ring (bicyclic) bond motifs is 1. The van der Waals surface area contributed by atoms with E-state index in [0.29, 0.717) is 17.0 Å². The molecule has 150 valence electrons. The third kappa shape index (κ3) is 3.98. The summed E-state index contributed by atoms with van der Waals surface area (Å²) in [6.45, 7) is 1.67. The van der Waals surface area contributed by atoms with Gasteiger partial charge in [-0.2, -0.15) is 15.3 Å². The van der Waals surface area contributed by atoms with Crippen LogP contribution in [0.1, 0.15) is 37.3 Å². The van der Waals surface area contributed by atoms with Crippen LogP contribution in [0.15, 0.2) is 29.5 Å². The molecule has 1 aliphatic carbocycles. The molecule has 3 aromatic rings. The van der Waals surface area contributed by atoms with Gasteiger partial charge in [0.25, 0.3) is 5.56 Å². The fourth-order valence-corrected chi connectivity index (χ4v) is 3.74. The molecule has 4 rings (SSSR count). The van der Waals surface area contributed by atoms with Crippen LogP contribution in [-0.2, 0) is 6.54 Å². The molecule has 0 saturated heterocycles. The molecule has 9 nitrogen and oxygen atoms in total. The Balaban J connectivity index is 1.67. The molecule has 3 heterocycles. The lowest BCUT2D eigenvalue weighted by molar-refractivity contribution is 0.373. The second-order valence-corrected chi connectivity index (χ2v) is 7.68. The summed E-state index contributed by atoms with van der Waals surface area (Å²) in [6.07, 6.45) is 9.30. The van der Waals surface area contributed by atoms with Crippen LogP contribution < -0.4 is 10.9 Å². The number of rotatable bonds is 6. The lowest BCUT2D eigenvalue weighted by Crippen LogP contribution is -2.26. The highest BCUT2D eigenvalue weighted by atomic mass is 16.1. The maximum atomic E-state index is 12.8. The Labute approximate surface area is 168 Å². The average molecular weight is 392 g/mol. The summed E-state index contributed by atoms with van der Waals surface area (Å²) in [4.78, 5) is 23.9. The summed E-state index contributed by atoms with van der Waals surface area (Å²) in [7, 11) is 4.04. The minimum absolute atomic E-state index is 0.0785. The predicted octanol–water partition coefficient (Wildman–Crippen LogP) is 2.28. The molecular formula is C20H24N8O. The normalized spacial score (nSPS) is 14.6. The van der Waals surface area contributed by atoms with Crippen molar-refractivity contribution in [1.29, 1.82) is 5.26 Å². The first kappa shape index (κ1) is 19.1. The number of anilines is 2. The number of nitriles is 1. The summed E-state index contributed by atoms with van der Waals surface area (Å²) >= 11 is 0. The van der Waals surface area contributed by atoms with E-state index in [2.05, 4.69) is 25.3 Å². The van der Waals surface area contributed by atoms with Gasteiger partial charge in [-0.3, -0.25) is 14.0 Å². The number of nitrogens with one attached hydrogen (secondary N) is 1. The Bertz CT molecular complexity index is 1120. The molecule has 1 N–H and O–H groups in total. The predicted molar refractivity (Wildman–Crippen MR) is 110 cm³/mol. The molecule has 1 aliphatic rings. The molecule has 1 fully saturated rings. The molecule has 3 aromatic heterocycles. The quantitative estimate of drug-likeness (QED) is 0.686. The number of hydrogen-bond donors (Lipinski definition) is 1. The Hall–Kier alpha value is -3.25. The zero-order valence-electron chi connectivity index (χ0n) is 16.7. The Morgan fingerprint density at radius 3 is 2.83 bits per heavy atom. The SMILES string of the molecule is CN(C)CCn1cc(Nc2ncc3cc(C#N)c(=O)n(C4CCCC4)c3n2)cn1. The van der Waals surface area contributed by atoms with Gasteiger partial charge >= 0.3 is 0 Å². The molecule has 0 amide bonds. The van der Waals surface area contributed by atoms with E-state index in [-0.39, 0.29) is 17.2 Å². The monoisotopic (exact) mass is 392 g/mol. The van der Waals surface area contributed by atoms with Crippen LogP contribution in [0.2, 0.25) is 0 Å². The summed E-state index contributed by atoms with van der Waals surface area (Å²) < 4.78 is 3.55. The van der Waals surface area contributed by atoms with Crippen molar-refractivity contribution in [2.75, 3.05) is 26.0 Å². The zero-order valence-corrected chi connectivity index (χ0v) is 16.7. The van der Waals surface area contributed by atoms with Gasteiger partial charge in [0.1, 0.15) is 17.3 Å². The summed E-state index contributed by atoms with van der Waals surface area (Å²) in [5.74, 6) is 0.403. The van der Waals surface area contributed by atoms with Crippen molar-refractivity contribution in [2.45, 2.75) is 38.3 Å². The summed E-state index contributed by atoms with van der Waals surface area (Å²) in [5.41, 5.74) is 1.22. The number of hydrogen-bond acceptors (Lipinski definition) is 7. The molecule has 0 spiro atoms. The third-order valence-corrected chi connectivity index (χ3v) is 5.25. The van der Waals surface area contributed by atoms with Gasteiger partial charge in [0.05, 0.1) is 18.4 Å². The van der Waals surface area contributed by atoms with Gasteiger partial charge in [-0.1, -0.05) is 12.8 Å². The van der Waals surface area contributed by atoms with E-state index in [1.807, 2.05) is 31.0 Å². The van der Waals surface area contributed by atoms with Crippen molar-refractivity contribution < 1.29 is 0 Å². The van der Waals surface area contributed by atoms with Gasteiger partial charge in [-0.15, -0.1) is 0 Å². The highest BCUT2D eigenvalue weighted by molar-refractivity contribution is 5.77. The molecule has 0 aliphatic heterocycles. The van der Waals surface area contributed by atoms with E-state index < -0.39 is 0 Å². The maximum Gasteiger partial charge on any atom is 0.270 e. The van der Waals surface area contributed by atoms with Crippen molar-refractivity contribution in [3.05, 3.63) is 40.6 Å². The molecule has 0 aromatic carbocycles. The zero-order chi connectivity index (χ0) is 20.4. The fraction of sp³-hybridized carbons (Fsp3) is 0.450. The first-order chi connectivity index (χ1) is 14.0. The van der Waals surface area contributed by atoms with Crippen LogP contribution >= 0.6 is 0 Å². The van der Waals surface area contributed by atoms with Crippen molar-refractivity contribution in [3.63, 3.8) is 0 Å². The van der Waals surface area contributed by atoms with Gasteiger partial charge in [-0.25, -0.2) is 4.98 Å². The molecule has 29 heavy (non-hydrogen) atoms. The Kier molecular flexibility index (Phi) is 5.27. The van der Waals surface area contributed by atoms with Crippen molar-refractivity contribution in [2.24, 2.45) is 0 Å². The molecule has 0 atom stereocenters. The topological polar surface area (TPSA) is 105 Å². The van der Waals surface area contributed by atoms with Crippen LogP contribution in [0.25, 0.3) is 11.0 Å². The molecule has 0 bridgehead atoms. The summed E-state index contributed by atoms with van der Waals surface area (Å²) in [5, 5.41) is 17.6. The van der Waals surface area contributed by atoms with Crippen molar-refractivity contribution >= 4 is 22.7 Å². The number of pyridine rings is 1. The van der Waals surface area contributed by atoms with E-state index in [1.54, 1.807) is 23.0 Å². The Morgan fingerprint density at radius 2 is 2.10 bits per heavy atom. The van der Waals surface area contributed by atoms with Gasteiger partial charge < -0.3 is 10.2 Å². The van der Waals surface area contributed by atoms with Gasteiger partial charge in [-0.05, 0) is 33.0 Å². The van der Waals surface area contributed by atoms with Crippen LogP contribution in [0.5, 0.6) is 0 Å². The smallest absolute Gasteiger partial charge is 0.270 e. The van der Waals surface area contributed by atoms with Gasteiger partial charge in [0.15, 0.2) is 0 Å². The molecule has 1 saturated carbocycles. The van der Waals surface area contributed by atoms with E-state index in [9.17, 15) is 10.1 Å². The minimum Gasteiger partial charge on any atom is -0.321 e. The molecular weight excluding hydrogens is 368 g/mol. The number of likely N-dealkylation sites (N-methyl/N-ethyl adjacent to an activating group) is 1. The maximum absolute atomic E-state index is 12.8. The lowest BCUT2D eigenvalue weighted by atomic mass is 10.2.